The van der Waals surface area contributed by atoms with Gasteiger partial charge in [-0.2, -0.15) is 0 Å². The highest BCUT2D eigenvalue weighted by atomic mass is 32.1. The summed E-state index contributed by atoms with van der Waals surface area (Å²) in [6.07, 6.45) is 0. The molecule has 0 saturated carbocycles. The average molecular weight is 325 g/mol. The van der Waals surface area contributed by atoms with Gasteiger partial charge in [0.1, 0.15) is 15.5 Å². The van der Waals surface area contributed by atoms with Crippen LogP contribution in [-0.2, 0) is 0 Å². The van der Waals surface area contributed by atoms with Crippen LogP contribution in [0.5, 0.6) is 5.75 Å². The van der Waals surface area contributed by atoms with Gasteiger partial charge in [0.05, 0.1) is 5.39 Å². The number of pyridine rings is 1. The Bertz CT molecular complexity index is 931. The predicted molar refractivity (Wildman–Crippen MR) is 94.8 cm³/mol. The number of aromatic nitrogens is 1. The van der Waals surface area contributed by atoms with E-state index in [1.165, 1.54) is 11.3 Å². The molecule has 0 aliphatic carbocycles. The van der Waals surface area contributed by atoms with Crippen LogP contribution in [0.15, 0.2) is 18.2 Å². The maximum Gasteiger partial charge on any atom is 0.207 e. The number of rotatable bonds is 2. The van der Waals surface area contributed by atoms with Crippen molar-refractivity contribution in [3.05, 3.63) is 56.6 Å². The summed E-state index contributed by atoms with van der Waals surface area (Å²) in [6.45, 7) is 9.73. The first kappa shape index (κ1) is 15.7. The Morgan fingerprint density at radius 2 is 1.61 bits per heavy atom. The average Bonchev–Trinajstić information content (AvgIpc) is 2.74. The molecule has 0 saturated heterocycles. The second-order valence-electron chi connectivity index (χ2n) is 6.14. The Kier molecular flexibility index (Phi) is 3.72. The lowest BCUT2D eigenvalue weighted by atomic mass is 9.95. The number of ketones is 1. The molecule has 3 nitrogen and oxygen atoms in total. The van der Waals surface area contributed by atoms with Crippen molar-refractivity contribution in [1.82, 2.24) is 4.98 Å². The second kappa shape index (κ2) is 5.46. The van der Waals surface area contributed by atoms with Crippen LogP contribution in [0.1, 0.15) is 43.2 Å². The Hall–Kier alpha value is -2.20. The topological polar surface area (TPSA) is 50.2 Å². The van der Waals surface area contributed by atoms with Crippen molar-refractivity contribution in [2.45, 2.75) is 34.6 Å². The summed E-state index contributed by atoms with van der Waals surface area (Å²) in [5.41, 5.74) is 5.50. The monoisotopic (exact) mass is 325 g/mol. The van der Waals surface area contributed by atoms with Gasteiger partial charge in [0.15, 0.2) is 0 Å². The fourth-order valence-corrected chi connectivity index (χ4v) is 4.36. The van der Waals surface area contributed by atoms with Gasteiger partial charge in [-0.15, -0.1) is 11.3 Å². The van der Waals surface area contributed by atoms with Crippen molar-refractivity contribution in [1.29, 1.82) is 0 Å². The van der Waals surface area contributed by atoms with Gasteiger partial charge in [0.2, 0.25) is 5.78 Å². The normalized spacial score (nSPS) is 11.2. The van der Waals surface area contributed by atoms with Crippen molar-refractivity contribution in [2.75, 3.05) is 0 Å². The molecule has 23 heavy (non-hydrogen) atoms. The zero-order valence-electron chi connectivity index (χ0n) is 13.9. The Morgan fingerprint density at radius 1 is 1.00 bits per heavy atom. The van der Waals surface area contributed by atoms with E-state index in [1.54, 1.807) is 0 Å². The van der Waals surface area contributed by atoms with Crippen LogP contribution in [0, 0.1) is 34.6 Å². The molecule has 3 aromatic rings. The molecule has 0 radical (unpaired) electrons. The van der Waals surface area contributed by atoms with Gasteiger partial charge in [0, 0.05) is 11.3 Å². The smallest absolute Gasteiger partial charge is 0.207 e. The van der Waals surface area contributed by atoms with Crippen LogP contribution in [-0.4, -0.2) is 15.9 Å². The fourth-order valence-electron chi connectivity index (χ4n) is 3.23. The first-order valence-electron chi connectivity index (χ1n) is 7.52. The minimum atomic E-state index is -0.127. The Morgan fingerprint density at radius 3 is 2.22 bits per heavy atom. The van der Waals surface area contributed by atoms with Crippen LogP contribution < -0.4 is 0 Å². The molecule has 0 aliphatic rings. The molecular formula is C19H19NO2S. The van der Waals surface area contributed by atoms with Gasteiger partial charge in [-0.3, -0.25) is 4.79 Å². The summed E-state index contributed by atoms with van der Waals surface area (Å²) in [6, 6.07) is 5.92. The zero-order valence-corrected chi connectivity index (χ0v) is 14.8. The third kappa shape index (κ3) is 2.53. The van der Waals surface area contributed by atoms with Gasteiger partial charge in [-0.25, -0.2) is 4.98 Å². The van der Waals surface area contributed by atoms with Crippen molar-refractivity contribution in [3.63, 3.8) is 0 Å². The van der Waals surface area contributed by atoms with Gasteiger partial charge in [0.25, 0.3) is 0 Å². The largest absolute Gasteiger partial charge is 0.506 e. The maximum atomic E-state index is 13.0. The summed E-state index contributed by atoms with van der Waals surface area (Å²) in [4.78, 5) is 18.6. The molecule has 0 bridgehead atoms. The van der Waals surface area contributed by atoms with Crippen LogP contribution in [0.4, 0.5) is 0 Å². The molecule has 2 heterocycles. The number of aryl methyl sites for hydroxylation is 5. The molecule has 0 spiro atoms. The Balaban J connectivity index is 2.24. The lowest BCUT2D eigenvalue weighted by molar-refractivity contribution is 0.103. The SMILES string of the molecule is Cc1cc(C)c(C(=O)c2sc3nc(C)cc(C)c3c2O)c(C)c1. The predicted octanol–water partition coefficient (Wildman–Crippen LogP) is 4.78. The van der Waals surface area contributed by atoms with Gasteiger partial charge in [-0.1, -0.05) is 17.7 Å². The van der Waals surface area contributed by atoms with Crippen molar-refractivity contribution in [2.24, 2.45) is 0 Å². The molecule has 0 unspecified atom stereocenters. The minimum absolute atomic E-state index is 0.0550. The summed E-state index contributed by atoms with van der Waals surface area (Å²) in [5.74, 6) is -0.0723. The Labute approximate surface area is 139 Å². The van der Waals surface area contributed by atoms with Crippen LogP contribution >= 0.6 is 11.3 Å². The number of fused-ring (bicyclic) bond motifs is 1. The lowest BCUT2D eigenvalue weighted by Crippen LogP contribution is -2.05. The molecule has 1 aromatic carbocycles. The number of hydrogen-bond donors (Lipinski definition) is 1. The fraction of sp³-hybridized carbons (Fsp3) is 0.263. The second-order valence-corrected chi connectivity index (χ2v) is 7.14. The molecule has 4 heteroatoms. The molecule has 1 N–H and O–H groups in total. The third-order valence-corrected chi connectivity index (χ3v) is 5.14. The summed E-state index contributed by atoms with van der Waals surface area (Å²) >= 11 is 1.27. The van der Waals surface area contributed by atoms with Crippen molar-refractivity contribution < 1.29 is 9.90 Å². The first-order chi connectivity index (χ1) is 10.8. The van der Waals surface area contributed by atoms with E-state index in [1.807, 2.05) is 52.8 Å². The highest BCUT2D eigenvalue weighted by molar-refractivity contribution is 7.21. The van der Waals surface area contributed by atoms with Gasteiger partial charge >= 0.3 is 0 Å². The zero-order chi connectivity index (χ0) is 16.9. The number of thiophene rings is 1. The van der Waals surface area contributed by atoms with E-state index < -0.39 is 0 Å². The molecule has 0 atom stereocenters. The number of nitrogens with zero attached hydrogens (tertiary/aromatic N) is 1. The molecule has 3 rings (SSSR count). The number of carbonyl (C=O) groups is 1. The molecular weight excluding hydrogens is 306 g/mol. The number of hydrogen-bond acceptors (Lipinski definition) is 4. The highest BCUT2D eigenvalue weighted by Gasteiger charge is 2.24. The lowest BCUT2D eigenvalue weighted by Gasteiger charge is -2.09. The van der Waals surface area contributed by atoms with Crippen molar-refractivity contribution >= 4 is 27.3 Å². The highest BCUT2D eigenvalue weighted by Crippen LogP contribution is 2.39. The number of benzene rings is 1. The molecule has 118 valence electrons. The van der Waals surface area contributed by atoms with Crippen LogP contribution in [0.3, 0.4) is 0 Å². The van der Waals surface area contributed by atoms with Crippen LogP contribution in [0.25, 0.3) is 10.2 Å². The number of carbonyl (C=O) groups excluding carboxylic acids is 1. The summed E-state index contributed by atoms with van der Waals surface area (Å²) < 4.78 is 0. The van der Waals surface area contributed by atoms with Crippen LogP contribution in [0.2, 0.25) is 0 Å². The van der Waals surface area contributed by atoms with Gasteiger partial charge < -0.3 is 5.11 Å². The van der Waals surface area contributed by atoms with E-state index >= 15 is 0 Å². The summed E-state index contributed by atoms with van der Waals surface area (Å²) in [5, 5.41) is 11.3. The molecule has 0 amide bonds. The first-order valence-corrected chi connectivity index (χ1v) is 8.33. The minimum Gasteiger partial charge on any atom is -0.506 e. The van der Waals surface area contributed by atoms with E-state index in [2.05, 4.69) is 4.98 Å². The standard InChI is InChI=1S/C19H19NO2S/c1-9-6-10(2)14(11(3)7-9)16(21)18-17(22)15-12(4)8-13(5)20-19(15)23-18/h6-8,22H,1-5H3. The van der Waals surface area contributed by atoms with E-state index in [0.29, 0.717) is 20.7 Å². The maximum absolute atomic E-state index is 13.0. The molecule has 0 fully saturated rings. The number of aromatic hydroxyl groups is 1. The van der Waals surface area contributed by atoms with Crippen molar-refractivity contribution in [3.8, 4) is 5.75 Å². The van der Waals surface area contributed by atoms with E-state index in [4.69, 9.17) is 0 Å². The summed E-state index contributed by atoms with van der Waals surface area (Å²) in [7, 11) is 0. The van der Waals surface area contributed by atoms with E-state index in [9.17, 15) is 9.90 Å². The third-order valence-electron chi connectivity index (χ3n) is 4.07. The molecule has 2 aromatic heterocycles. The van der Waals surface area contributed by atoms with Gasteiger partial charge in [-0.05, 0) is 57.4 Å². The molecule has 0 aliphatic heterocycles. The quantitative estimate of drug-likeness (QED) is 0.690. The van der Waals surface area contributed by atoms with E-state index in [0.717, 1.165) is 27.9 Å². The van der Waals surface area contributed by atoms with E-state index in [-0.39, 0.29) is 11.5 Å².